The van der Waals surface area contributed by atoms with Crippen LogP contribution in [0, 0.1) is 5.92 Å². The van der Waals surface area contributed by atoms with E-state index < -0.39 is 5.60 Å². The Balaban J connectivity index is 1.65. The SMILES string of the molecule is CNc1nc2ccccc2nc1N1CCC(CNC(=O)OC(C)(C)C)C1. The molecule has 1 amide bonds. The first-order valence-corrected chi connectivity index (χ1v) is 9.02. The average Bonchev–Trinajstić information content (AvgIpc) is 3.06. The van der Waals surface area contributed by atoms with Crippen LogP contribution >= 0.6 is 0 Å². The molecule has 0 spiro atoms. The maximum absolute atomic E-state index is 11.8. The van der Waals surface area contributed by atoms with Crippen molar-refractivity contribution in [3.05, 3.63) is 24.3 Å². The summed E-state index contributed by atoms with van der Waals surface area (Å²) in [6, 6.07) is 7.87. The highest BCUT2D eigenvalue weighted by Crippen LogP contribution is 2.29. The Kier molecular flexibility index (Phi) is 5.15. The van der Waals surface area contributed by atoms with Gasteiger partial charge in [-0.3, -0.25) is 0 Å². The number of amides is 1. The van der Waals surface area contributed by atoms with E-state index in [1.807, 2.05) is 52.1 Å². The van der Waals surface area contributed by atoms with Crippen molar-refractivity contribution in [2.24, 2.45) is 5.92 Å². The average molecular weight is 357 g/mol. The van der Waals surface area contributed by atoms with E-state index in [1.165, 1.54) is 0 Å². The summed E-state index contributed by atoms with van der Waals surface area (Å²) in [5.41, 5.74) is 1.29. The molecule has 1 atom stereocenters. The zero-order chi connectivity index (χ0) is 18.7. The van der Waals surface area contributed by atoms with Crippen molar-refractivity contribution in [1.82, 2.24) is 15.3 Å². The van der Waals surface area contributed by atoms with Gasteiger partial charge in [0.1, 0.15) is 5.60 Å². The lowest BCUT2D eigenvalue weighted by atomic mass is 10.1. The third-order valence-electron chi connectivity index (χ3n) is 4.31. The van der Waals surface area contributed by atoms with Crippen LogP contribution in [-0.4, -0.2) is 48.3 Å². The molecule has 1 aliphatic heterocycles. The second-order valence-electron chi connectivity index (χ2n) is 7.62. The van der Waals surface area contributed by atoms with Crippen LogP contribution in [-0.2, 0) is 4.74 Å². The number of ether oxygens (including phenoxy) is 1. The summed E-state index contributed by atoms with van der Waals surface area (Å²) in [5.74, 6) is 2.01. The standard InChI is InChI=1S/C19H27N5O2/c1-19(2,3)26-18(25)21-11-13-9-10-24(12-13)17-16(20-4)22-14-7-5-6-8-15(14)23-17/h5-8,13H,9-12H2,1-4H3,(H,20,22)(H,21,25). The smallest absolute Gasteiger partial charge is 0.407 e. The number of para-hydroxylation sites is 2. The highest BCUT2D eigenvalue weighted by molar-refractivity contribution is 5.80. The number of hydrogen-bond donors (Lipinski definition) is 2. The van der Waals surface area contributed by atoms with Gasteiger partial charge in [0.05, 0.1) is 11.0 Å². The summed E-state index contributed by atoms with van der Waals surface area (Å²) in [6.45, 7) is 7.91. The Labute approximate surface area is 154 Å². The minimum atomic E-state index is -0.478. The topological polar surface area (TPSA) is 79.4 Å². The molecule has 7 heteroatoms. The Hall–Kier alpha value is -2.57. The number of anilines is 2. The number of benzene rings is 1. The molecule has 7 nitrogen and oxygen atoms in total. The van der Waals surface area contributed by atoms with Crippen molar-refractivity contribution in [2.75, 3.05) is 36.9 Å². The number of rotatable bonds is 4. The minimum absolute atomic E-state index is 0.362. The highest BCUT2D eigenvalue weighted by Gasteiger charge is 2.27. The first-order valence-electron chi connectivity index (χ1n) is 9.02. The summed E-state index contributed by atoms with van der Waals surface area (Å²) >= 11 is 0. The van der Waals surface area contributed by atoms with Crippen LogP contribution in [0.4, 0.5) is 16.4 Å². The fraction of sp³-hybridized carbons (Fsp3) is 0.526. The second-order valence-corrected chi connectivity index (χ2v) is 7.62. The number of carbonyl (C=O) groups is 1. The van der Waals surface area contributed by atoms with Gasteiger partial charge in [0.25, 0.3) is 0 Å². The first-order chi connectivity index (χ1) is 12.4. The van der Waals surface area contributed by atoms with Crippen LogP contribution in [0.5, 0.6) is 0 Å². The molecule has 1 aromatic heterocycles. The van der Waals surface area contributed by atoms with Gasteiger partial charge in [0.2, 0.25) is 0 Å². The van der Waals surface area contributed by atoms with Crippen molar-refractivity contribution in [3.63, 3.8) is 0 Å². The number of hydrogen-bond acceptors (Lipinski definition) is 6. The zero-order valence-electron chi connectivity index (χ0n) is 15.9. The Morgan fingerprint density at radius 3 is 2.62 bits per heavy atom. The van der Waals surface area contributed by atoms with Crippen molar-refractivity contribution >= 4 is 28.8 Å². The van der Waals surface area contributed by atoms with E-state index in [-0.39, 0.29) is 6.09 Å². The van der Waals surface area contributed by atoms with Gasteiger partial charge in [0, 0.05) is 26.7 Å². The normalized spacial score (nSPS) is 17.4. The molecule has 0 radical (unpaired) electrons. The summed E-state index contributed by atoms with van der Waals surface area (Å²) in [5, 5.41) is 6.02. The number of fused-ring (bicyclic) bond motifs is 1. The lowest BCUT2D eigenvalue weighted by molar-refractivity contribution is 0.0520. The van der Waals surface area contributed by atoms with Gasteiger partial charge in [-0.15, -0.1) is 0 Å². The molecule has 140 valence electrons. The summed E-state index contributed by atoms with van der Waals surface area (Å²) < 4.78 is 5.30. The molecule has 2 N–H and O–H groups in total. The molecular formula is C19H27N5O2. The fourth-order valence-electron chi connectivity index (χ4n) is 3.11. The molecule has 2 heterocycles. The fourth-order valence-corrected chi connectivity index (χ4v) is 3.11. The van der Waals surface area contributed by atoms with Gasteiger partial charge < -0.3 is 20.3 Å². The summed E-state index contributed by atoms with van der Waals surface area (Å²) in [7, 11) is 1.86. The Morgan fingerprint density at radius 1 is 1.27 bits per heavy atom. The molecule has 1 aliphatic rings. The summed E-state index contributed by atoms with van der Waals surface area (Å²) in [6.07, 6.45) is 0.630. The molecule has 1 saturated heterocycles. The van der Waals surface area contributed by atoms with E-state index in [4.69, 9.17) is 9.72 Å². The maximum atomic E-state index is 11.8. The predicted molar refractivity (Wildman–Crippen MR) is 104 cm³/mol. The van der Waals surface area contributed by atoms with Gasteiger partial charge in [-0.25, -0.2) is 14.8 Å². The molecule has 1 aromatic carbocycles. The zero-order valence-corrected chi connectivity index (χ0v) is 15.9. The monoisotopic (exact) mass is 357 g/mol. The van der Waals surface area contributed by atoms with Crippen LogP contribution in [0.15, 0.2) is 24.3 Å². The first kappa shape index (κ1) is 18.2. The molecule has 0 bridgehead atoms. The van der Waals surface area contributed by atoms with Crippen molar-refractivity contribution < 1.29 is 9.53 Å². The van der Waals surface area contributed by atoms with Gasteiger partial charge in [-0.1, -0.05) is 12.1 Å². The van der Waals surface area contributed by atoms with Crippen LogP contribution < -0.4 is 15.5 Å². The third kappa shape index (κ3) is 4.33. The lowest BCUT2D eigenvalue weighted by Gasteiger charge is -2.22. The van der Waals surface area contributed by atoms with Gasteiger partial charge in [0.15, 0.2) is 11.6 Å². The molecule has 3 rings (SSSR count). The van der Waals surface area contributed by atoms with E-state index in [9.17, 15) is 4.79 Å². The molecule has 26 heavy (non-hydrogen) atoms. The van der Waals surface area contributed by atoms with E-state index >= 15 is 0 Å². The second kappa shape index (κ2) is 7.35. The highest BCUT2D eigenvalue weighted by atomic mass is 16.6. The molecule has 0 saturated carbocycles. The van der Waals surface area contributed by atoms with Crippen molar-refractivity contribution in [3.8, 4) is 0 Å². The summed E-state index contributed by atoms with van der Waals surface area (Å²) in [4.78, 5) is 23.5. The third-order valence-corrected chi connectivity index (χ3v) is 4.31. The Morgan fingerprint density at radius 2 is 1.96 bits per heavy atom. The van der Waals surface area contributed by atoms with Crippen molar-refractivity contribution in [1.29, 1.82) is 0 Å². The minimum Gasteiger partial charge on any atom is -0.444 e. The van der Waals surface area contributed by atoms with Crippen LogP contribution in [0.3, 0.4) is 0 Å². The van der Waals surface area contributed by atoms with Crippen molar-refractivity contribution in [2.45, 2.75) is 32.8 Å². The molecule has 2 aromatic rings. The largest absolute Gasteiger partial charge is 0.444 e. The maximum Gasteiger partial charge on any atom is 0.407 e. The molecule has 1 fully saturated rings. The number of nitrogens with zero attached hydrogens (tertiary/aromatic N) is 3. The molecule has 0 aliphatic carbocycles. The molecule has 1 unspecified atom stereocenters. The van der Waals surface area contributed by atoms with E-state index in [1.54, 1.807) is 0 Å². The van der Waals surface area contributed by atoms with E-state index in [2.05, 4.69) is 20.5 Å². The van der Waals surface area contributed by atoms with Crippen LogP contribution in [0.25, 0.3) is 11.0 Å². The van der Waals surface area contributed by atoms with Crippen LogP contribution in [0.2, 0.25) is 0 Å². The predicted octanol–water partition coefficient (Wildman–Crippen LogP) is 3.02. The Bertz CT molecular complexity index is 787. The number of nitrogens with one attached hydrogen (secondary N) is 2. The van der Waals surface area contributed by atoms with Gasteiger partial charge in [-0.2, -0.15) is 0 Å². The van der Waals surface area contributed by atoms with Gasteiger partial charge >= 0.3 is 6.09 Å². The number of aromatic nitrogens is 2. The quantitative estimate of drug-likeness (QED) is 0.876. The van der Waals surface area contributed by atoms with Crippen LogP contribution in [0.1, 0.15) is 27.2 Å². The lowest BCUT2D eigenvalue weighted by Crippen LogP contribution is -2.36. The van der Waals surface area contributed by atoms with E-state index in [0.717, 1.165) is 42.2 Å². The van der Waals surface area contributed by atoms with E-state index in [0.29, 0.717) is 12.5 Å². The number of alkyl carbamates (subject to hydrolysis) is 1. The number of carbonyl (C=O) groups excluding carboxylic acids is 1. The molecular weight excluding hydrogens is 330 g/mol. The van der Waals surface area contributed by atoms with Gasteiger partial charge in [-0.05, 0) is 45.2 Å².